The molecule has 0 unspecified atom stereocenters. The van der Waals surface area contributed by atoms with Crippen LogP contribution in [0.3, 0.4) is 0 Å². The van der Waals surface area contributed by atoms with Crippen LogP contribution in [0.15, 0.2) is 54.6 Å². The number of halogens is 2. The molecule has 0 aliphatic carbocycles. The van der Waals surface area contributed by atoms with Crippen molar-refractivity contribution in [3.05, 3.63) is 75.8 Å². The minimum absolute atomic E-state index is 0.0123. The Labute approximate surface area is 230 Å². The van der Waals surface area contributed by atoms with Crippen LogP contribution in [-0.4, -0.2) is 44.2 Å². The van der Waals surface area contributed by atoms with Crippen molar-refractivity contribution < 1.29 is 28.6 Å². The van der Waals surface area contributed by atoms with Gasteiger partial charge in [-0.1, -0.05) is 92.5 Å². The molecule has 2 atom stereocenters. The van der Waals surface area contributed by atoms with Crippen molar-refractivity contribution in [3.8, 4) is 0 Å². The largest absolute Gasteiger partial charge is 0.479 e. The Hall–Kier alpha value is -2.16. The predicted octanol–water partition coefficient (Wildman–Crippen LogP) is 7.39. The number of hydrogen-bond acceptors (Lipinski definition) is 5. The van der Waals surface area contributed by atoms with E-state index < -0.39 is 32.5 Å². The summed E-state index contributed by atoms with van der Waals surface area (Å²) in [6, 6.07) is 14.5. The van der Waals surface area contributed by atoms with Crippen molar-refractivity contribution >= 4 is 49.5 Å². The number of carbonyl (C=O) groups excluding carboxylic acids is 1. The van der Waals surface area contributed by atoms with Crippen LogP contribution in [0.1, 0.15) is 44.7 Å². The molecule has 1 N–H and O–H groups in total. The Bertz CT molecular complexity index is 1070. The van der Waals surface area contributed by atoms with E-state index in [1.807, 2.05) is 82.4 Å². The van der Waals surface area contributed by atoms with Gasteiger partial charge in [0.05, 0.1) is 10.0 Å². The summed E-state index contributed by atoms with van der Waals surface area (Å²) in [5.41, 5.74) is 1.70. The van der Waals surface area contributed by atoms with Crippen LogP contribution in [0.2, 0.25) is 28.2 Å². The van der Waals surface area contributed by atoms with Crippen molar-refractivity contribution in [1.29, 1.82) is 0 Å². The third kappa shape index (κ3) is 9.91. The standard InChI is InChI=1S/C28H36Cl2O6Si/c1-28(2,3)37(4,5)36-24(26(31)32)25(27(33)35-19-21-13-8-6-9-14-21)34-17-11-7-10-12-20-15-16-22(29)23(30)18-20/h6,8-10,12-16,18,24-25H,7,11,17,19H2,1-5H3,(H,31,32)/t24-,25-/m1/s1. The number of hydrogen-bond donors (Lipinski definition) is 1. The zero-order chi connectivity index (χ0) is 27.6. The fourth-order valence-electron chi connectivity index (χ4n) is 3.07. The minimum Gasteiger partial charge on any atom is -0.479 e. The molecule has 2 aromatic carbocycles. The molecule has 6 nitrogen and oxygen atoms in total. The normalized spacial score (nSPS) is 13.9. The van der Waals surface area contributed by atoms with E-state index >= 15 is 0 Å². The van der Waals surface area contributed by atoms with Gasteiger partial charge in [0.1, 0.15) is 6.61 Å². The van der Waals surface area contributed by atoms with Gasteiger partial charge in [0.2, 0.25) is 0 Å². The van der Waals surface area contributed by atoms with E-state index in [1.165, 1.54) is 0 Å². The van der Waals surface area contributed by atoms with Crippen LogP contribution in [0, 0.1) is 0 Å². The Morgan fingerprint density at radius 1 is 1.03 bits per heavy atom. The second-order valence-electron chi connectivity index (χ2n) is 10.2. The topological polar surface area (TPSA) is 82.1 Å². The molecule has 9 heteroatoms. The summed E-state index contributed by atoms with van der Waals surface area (Å²) in [5.74, 6) is -2.02. The molecule has 37 heavy (non-hydrogen) atoms. The maximum atomic E-state index is 13.0. The van der Waals surface area contributed by atoms with Gasteiger partial charge < -0.3 is 19.0 Å². The smallest absolute Gasteiger partial charge is 0.338 e. The van der Waals surface area contributed by atoms with Gasteiger partial charge in [-0.05, 0) is 54.2 Å². The molecular formula is C28H36Cl2O6Si. The second kappa shape index (κ2) is 14.1. The van der Waals surface area contributed by atoms with Gasteiger partial charge in [-0.3, -0.25) is 0 Å². The van der Waals surface area contributed by atoms with Gasteiger partial charge in [0, 0.05) is 6.61 Å². The molecule has 0 saturated heterocycles. The summed E-state index contributed by atoms with van der Waals surface area (Å²) in [6.07, 6.45) is 2.20. The molecule has 0 aliphatic rings. The molecule has 2 aromatic rings. The number of allylic oxidation sites excluding steroid dienone is 1. The number of carbonyl (C=O) groups is 2. The molecule has 0 fully saturated rings. The van der Waals surface area contributed by atoms with Crippen LogP contribution in [0.5, 0.6) is 0 Å². The predicted molar refractivity (Wildman–Crippen MR) is 150 cm³/mol. The van der Waals surface area contributed by atoms with Gasteiger partial charge in [0.25, 0.3) is 0 Å². The molecule has 0 aliphatic heterocycles. The number of carboxylic acids is 1. The molecule has 202 valence electrons. The second-order valence-corrected chi connectivity index (χ2v) is 15.8. The number of carboxylic acid groups (broad SMARTS) is 1. The fraction of sp³-hybridized carbons (Fsp3) is 0.429. The third-order valence-electron chi connectivity index (χ3n) is 6.27. The van der Waals surface area contributed by atoms with Gasteiger partial charge in [-0.25, -0.2) is 9.59 Å². The molecule has 0 heterocycles. The molecule has 0 bridgehead atoms. The van der Waals surface area contributed by atoms with Crippen LogP contribution < -0.4 is 0 Å². The van der Waals surface area contributed by atoms with Gasteiger partial charge in [-0.2, -0.15) is 0 Å². The lowest BCUT2D eigenvalue weighted by atomic mass is 10.2. The molecular weight excluding hydrogens is 531 g/mol. The lowest BCUT2D eigenvalue weighted by Crippen LogP contribution is -2.53. The van der Waals surface area contributed by atoms with Crippen molar-refractivity contribution in [2.24, 2.45) is 0 Å². The first kappa shape index (κ1) is 31.1. The highest BCUT2D eigenvalue weighted by Crippen LogP contribution is 2.38. The van der Waals surface area contributed by atoms with Crippen LogP contribution in [0.25, 0.3) is 6.08 Å². The van der Waals surface area contributed by atoms with Crippen LogP contribution >= 0.6 is 23.2 Å². The average molecular weight is 568 g/mol. The lowest BCUT2D eigenvalue weighted by molar-refractivity contribution is -0.174. The summed E-state index contributed by atoms with van der Waals surface area (Å²) in [6.45, 7) is 10.0. The van der Waals surface area contributed by atoms with E-state index in [0.29, 0.717) is 22.9 Å². The highest BCUT2D eigenvalue weighted by atomic mass is 35.5. The highest BCUT2D eigenvalue weighted by Gasteiger charge is 2.46. The summed E-state index contributed by atoms with van der Waals surface area (Å²) in [4.78, 5) is 25.3. The van der Waals surface area contributed by atoms with Gasteiger partial charge in [0.15, 0.2) is 20.5 Å². The SMILES string of the molecule is CC(C)(C)[Si](C)(C)O[C@@H](C(=O)O)[C@@H](OCCCC=Cc1ccc(Cl)c(Cl)c1)C(=O)OCc1ccccc1. The first-order valence-electron chi connectivity index (χ1n) is 12.2. The van der Waals surface area contributed by atoms with Gasteiger partial charge in [-0.15, -0.1) is 0 Å². The minimum atomic E-state index is -2.53. The van der Waals surface area contributed by atoms with E-state index in [-0.39, 0.29) is 18.3 Å². The maximum absolute atomic E-state index is 13.0. The zero-order valence-electron chi connectivity index (χ0n) is 22.0. The Morgan fingerprint density at radius 2 is 1.70 bits per heavy atom. The molecule has 0 amide bonds. The number of ether oxygens (including phenoxy) is 2. The average Bonchev–Trinajstić information content (AvgIpc) is 2.83. The van der Waals surface area contributed by atoms with E-state index in [4.69, 9.17) is 37.1 Å². The van der Waals surface area contributed by atoms with Crippen LogP contribution in [0.4, 0.5) is 0 Å². The molecule has 0 saturated carbocycles. The fourth-order valence-corrected chi connectivity index (χ4v) is 4.59. The number of aliphatic carboxylic acids is 1. The van der Waals surface area contributed by atoms with E-state index in [0.717, 1.165) is 11.1 Å². The van der Waals surface area contributed by atoms with Crippen LogP contribution in [-0.2, 0) is 30.1 Å². The number of esters is 1. The van der Waals surface area contributed by atoms with Crippen molar-refractivity contribution in [3.63, 3.8) is 0 Å². The molecule has 0 radical (unpaired) electrons. The number of rotatable bonds is 13. The molecule has 0 aromatic heterocycles. The highest BCUT2D eigenvalue weighted by molar-refractivity contribution is 6.74. The first-order chi connectivity index (χ1) is 17.3. The first-order valence-corrected chi connectivity index (χ1v) is 15.8. The summed E-state index contributed by atoms with van der Waals surface area (Å²) < 4.78 is 17.4. The summed E-state index contributed by atoms with van der Waals surface area (Å²) in [7, 11) is -2.53. The Morgan fingerprint density at radius 3 is 2.30 bits per heavy atom. The van der Waals surface area contributed by atoms with E-state index in [2.05, 4.69) is 0 Å². The van der Waals surface area contributed by atoms with E-state index in [1.54, 1.807) is 12.1 Å². The zero-order valence-corrected chi connectivity index (χ0v) is 24.5. The Kier molecular flexibility index (Phi) is 11.8. The molecule has 0 spiro atoms. The summed E-state index contributed by atoms with van der Waals surface area (Å²) >= 11 is 12.0. The van der Waals surface area contributed by atoms with E-state index in [9.17, 15) is 14.7 Å². The quantitative estimate of drug-likeness (QED) is 0.154. The summed E-state index contributed by atoms with van der Waals surface area (Å²) in [5, 5.41) is 10.7. The monoisotopic (exact) mass is 566 g/mol. The molecule has 2 rings (SSSR count). The van der Waals surface area contributed by atoms with Crippen molar-refractivity contribution in [2.75, 3.05) is 6.61 Å². The maximum Gasteiger partial charge on any atom is 0.338 e. The van der Waals surface area contributed by atoms with Crippen molar-refractivity contribution in [1.82, 2.24) is 0 Å². The lowest BCUT2D eigenvalue weighted by Gasteiger charge is -2.39. The third-order valence-corrected chi connectivity index (χ3v) is 11.5. The number of benzene rings is 2. The van der Waals surface area contributed by atoms with Gasteiger partial charge >= 0.3 is 11.9 Å². The Balaban J connectivity index is 2.08. The van der Waals surface area contributed by atoms with Crippen molar-refractivity contribution in [2.45, 2.75) is 70.6 Å². The number of unbranched alkanes of at least 4 members (excludes halogenated alkanes) is 1.